The Balaban J connectivity index is 1.71. The zero-order chi connectivity index (χ0) is 19.7. The van der Waals surface area contributed by atoms with Gasteiger partial charge in [0.05, 0.1) is 36.0 Å². The molecule has 0 saturated heterocycles. The lowest BCUT2D eigenvalue weighted by Gasteiger charge is -2.08. The second-order valence-electron chi connectivity index (χ2n) is 6.22. The number of carbonyl (C=O) groups is 1. The number of carbonyl (C=O) groups excluding carboxylic acids is 1. The highest BCUT2D eigenvalue weighted by Crippen LogP contribution is 2.30. The van der Waals surface area contributed by atoms with Gasteiger partial charge in [0.1, 0.15) is 0 Å². The number of pyridine rings is 1. The molecule has 3 heterocycles. The number of rotatable bonds is 4. The summed E-state index contributed by atoms with van der Waals surface area (Å²) in [5.41, 5.74) is 5.61. The summed E-state index contributed by atoms with van der Waals surface area (Å²) in [4.78, 5) is 20.9. The maximum Gasteiger partial charge on any atom is 0.272 e. The summed E-state index contributed by atoms with van der Waals surface area (Å²) in [6.07, 6.45) is 0. The fraction of sp³-hybridized carbons (Fsp3) is 0.0952. The SMILES string of the molecule is CC(=NNC(=O)c1cc(-c2ccc(C)s2)nc2ccccc12)c1ccc(Br)s1. The lowest BCUT2D eigenvalue weighted by molar-refractivity contribution is 0.0956. The molecular formula is C21H16BrN3OS2. The molecule has 0 spiro atoms. The second-order valence-corrected chi connectivity index (χ2v) is 9.98. The predicted octanol–water partition coefficient (Wildman–Crippen LogP) is 6.25. The highest BCUT2D eigenvalue weighted by atomic mass is 79.9. The zero-order valence-electron chi connectivity index (χ0n) is 15.2. The summed E-state index contributed by atoms with van der Waals surface area (Å²) in [5.74, 6) is -0.247. The van der Waals surface area contributed by atoms with E-state index in [9.17, 15) is 4.79 Å². The Morgan fingerprint density at radius 1 is 1.11 bits per heavy atom. The minimum Gasteiger partial charge on any atom is -0.267 e. The third-order valence-corrected chi connectivity index (χ3v) is 6.96. The molecule has 28 heavy (non-hydrogen) atoms. The van der Waals surface area contributed by atoms with E-state index in [-0.39, 0.29) is 5.91 Å². The van der Waals surface area contributed by atoms with Crippen molar-refractivity contribution in [1.29, 1.82) is 0 Å². The first kappa shape index (κ1) is 19.0. The van der Waals surface area contributed by atoms with Gasteiger partial charge in [-0.25, -0.2) is 10.4 Å². The Bertz CT molecular complexity index is 1210. The van der Waals surface area contributed by atoms with Gasteiger partial charge < -0.3 is 0 Å². The number of nitrogens with one attached hydrogen (secondary N) is 1. The van der Waals surface area contributed by atoms with Crippen molar-refractivity contribution in [3.8, 4) is 10.6 Å². The molecule has 0 bridgehead atoms. The number of nitrogens with zero attached hydrogens (tertiary/aromatic N) is 2. The summed E-state index contributed by atoms with van der Waals surface area (Å²) >= 11 is 6.68. The molecule has 0 radical (unpaired) electrons. The monoisotopic (exact) mass is 469 g/mol. The normalized spacial score (nSPS) is 11.8. The standard InChI is InChI=1S/C21H16BrN3OS2/c1-12-7-8-19(27-12)17-11-15(14-5-3-4-6-16(14)23-17)21(26)25-24-13(2)18-9-10-20(22)28-18/h3-11H,1-2H3,(H,25,26). The number of hydrazone groups is 1. The minimum absolute atomic E-state index is 0.247. The van der Waals surface area contributed by atoms with Gasteiger partial charge >= 0.3 is 0 Å². The molecule has 0 aliphatic rings. The minimum atomic E-state index is -0.247. The third kappa shape index (κ3) is 3.92. The number of halogens is 1. The van der Waals surface area contributed by atoms with Gasteiger partial charge in [0.2, 0.25) is 0 Å². The molecule has 4 aromatic rings. The molecular weight excluding hydrogens is 454 g/mol. The number of benzene rings is 1. The largest absolute Gasteiger partial charge is 0.272 e. The molecule has 1 N–H and O–H groups in total. The van der Waals surface area contributed by atoms with Crippen molar-refractivity contribution in [2.45, 2.75) is 13.8 Å². The summed E-state index contributed by atoms with van der Waals surface area (Å²) in [5, 5.41) is 5.10. The lowest BCUT2D eigenvalue weighted by Crippen LogP contribution is -2.19. The van der Waals surface area contributed by atoms with E-state index in [1.165, 1.54) is 4.88 Å². The van der Waals surface area contributed by atoms with Crippen molar-refractivity contribution in [2.24, 2.45) is 5.10 Å². The molecule has 4 nitrogen and oxygen atoms in total. The number of aryl methyl sites for hydroxylation is 1. The van der Waals surface area contributed by atoms with Crippen LogP contribution >= 0.6 is 38.6 Å². The first-order chi connectivity index (χ1) is 13.5. The van der Waals surface area contributed by atoms with Gasteiger partial charge in [-0.15, -0.1) is 22.7 Å². The van der Waals surface area contributed by atoms with Crippen LogP contribution in [0.2, 0.25) is 0 Å². The van der Waals surface area contributed by atoms with Crippen molar-refractivity contribution >= 4 is 61.1 Å². The Morgan fingerprint density at radius 3 is 2.64 bits per heavy atom. The summed E-state index contributed by atoms with van der Waals surface area (Å²) in [7, 11) is 0. The van der Waals surface area contributed by atoms with Crippen LogP contribution in [0.5, 0.6) is 0 Å². The van der Waals surface area contributed by atoms with E-state index < -0.39 is 0 Å². The molecule has 0 aliphatic carbocycles. The van der Waals surface area contributed by atoms with Gasteiger partial charge in [-0.1, -0.05) is 18.2 Å². The Morgan fingerprint density at radius 2 is 1.93 bits per heavy atom. The van der Waals surface area contributed by atoms with Gasteiger partial charge in [0.25, 0.3) is 5.91 Å². The number of para-hydroxylation sites is 1. The molecule has 0 saturated carbocycles. The van der Waals surface area contributed by atoms with Crippen LogP contribution in [0.4, 0.5) is 0 Å². The lowest BCUT2D eigenvalue weighted by atomic mass is 10.1. The van der Waals surface area contributed by atoms with Crippen LogP contribution in [0.15, 0.2) is 63.5 Å². The first-order valence-corrected chi connectivity index (χ1v) is 11.0. The topological polar surface area (TPSA) is 54.4 Å². The van der Waals surface area contributed by atoms with Crippen molar-refractivity contribution in [3.63, 3.8) is 0 Å². The van der Waals surface area contributed by atoms with Crippen molar-refractivity contribution < 1.29 is 4.79 Å². The number of hydrogen-bond acceptors (Lipinski definition) is 5. The number of amides is 1. The molecule has 4 rings (SSSR count). The number of thiophene rings is 2. The van der Waals surface area contributed by atoms with Crippen LogP contribution in [0.25, 0.3) is 21.5 Å². The molecule has 0 fully saturated rings. The van der Waals surface area contributed by atoms with Gasteiger partial charge in [0, 0.05) is 10.3 Å². The molecule has 0 aliphatic heterocycles. The van der Waals surface area contributed by atoms with Gasteiger partial charge in [-0.2, -0.15) is 5.10 Å². The van der Waals surface area contributed by atoms with E-state index in [1.807, 2.05) is 55.5 Å². The smallest absolute Gasteiger partial charge is 0.267 e. The summed E-state index contributed by atoms with van der Waals surface area (Å²) < 4.78 is 1.03. The van der Waals surface area contributed by atoms with E-state index in [0.717, 1.165) is 35.8 Å². The third-order valence-electron chi connectivity index (χ3n) is 4.21. The zero-order valence-corrected chi connectivity index (χ0v) is 18.4. The maximum absolute atomic E-state index is 12.9. The van der Waals surface area contributed by atoms with E-state index in [0.29, 0.717) is 5.56 Å². The average Bonchev–Trinajstić information content (AvgIpc) is 3.33. The van der Waals surface area contributed by atoms with Crippen LogP contribution in [-0.2, 0) is 0 Å². The van der Waals surface area contributed by atoms with Crippen LogP contribution in [0.1, 0.15) is 27.0 Å². The van der Waals surface area contributed by atoms with Crippen LogP contribution in [0.3, 0.4) is 0 Å². The highest BCUT2D eigenvalue weighted by molar-refractivity contribution is 9.11. The van der Waals surface area contributed by atoms with E-state index in [4.69, 9.17) is 4.98 Å². The van der Waals surface area contributed by atoms with Crippen LogP contribution < -0.4 is 5.43 Å². The highest BCUT2D eigenvalue weighted by Gasteiger charge is 2.14. The molecule has 7 heteroatoms. The summed E-state index contributed by atoms with van der Waals surface area (Å²) in [6, 6.07) is 17.5. The first-order valence-electron chi connectivity index (χ1n) is 8.58. The fourth-order valence-electron chi connectivity index (χ4n) is 2.82. The van der Waals surface area contributed by atoms with Crippen LogP contribution in [0, 0.1) is 6.92 Å². The van der Waals surface area contributed by atoms with Crippen molar-refractivity contribution in [2.75, 3.05) is 0 Å². The van der Waals surface area contributed by atoms with Gasteiger partial charge in [-0.3, -0.25) is 4.79 Å². The Hall–Kier alpha value is -2.35. The Labute approximate surface area is 179 Å². The second kappa shape index (κ2) is 7.95. The number of aromatic nitrogens is 1. The van der Waals surface area contributed by atoms with E-state index in [1.54, 1.807) is 22.7 Å². The predicted molar refractivity (Wildman–Crippen MR) is 121 cm³/mol. The van der Waals surface area contributed by atoms with Gasteiger partial charge in [0.15, 0.2) is 0 Å². The molecule has 1 aromatic carbocycles. The Kier molecular flexibility index (Phi) is 5.39. The summed E-state index contributed by atoms with van der Waals surface area (Å²) in [6.45, 7) is 3.94. The van der Waals surface area contributed by atoms with Crippen molar-refractivity contribution in [3.05, 3.63) is 73.7 Å². The molecule has 0 unspecified atom stereocenters. The maximum atomic E-state index is 12.9. The van der Waals surface area contributed by atoms with E-state index >= 15 is 0 Å². The molecule has 1 amide bonds. The number of hydrogen-bond donors (Lipinski definition) is 1. The molecule has 140 valence electrons. The number of fused-ring (bicyclic) bond motifs is 1. The fourth-order valence-corrected chi connectivity index (χ4v) is 4.98. The quantitative estimate of drug-likeness (QED) is 0.283. The van der Waals surface area contributed by atoms with Gasteiger partial charge in [-0.05, 0) is 66.2 Å². The molecule has 3 aromatic heterocycles. The van der Waals surface area contributed by atoms with E-state index in [2.05, 4.69) is 39.4 Å². The molecule has 0 atom stereocenters. The van der Waals surface area contributed by atoms with Crippen LogP contribution in [-0.4, -0.2) is 16.6 Å². The van der Waals surface area contributed by atoms with Crippen molar-refractivity contribution in [1.82, 2.24) is 10.4 Å². The average molecular weight is 470 g/mol.